The summed E-state index contributed by atoms with van der Waals surface area (Å²) in [6, 6.07) is 7.24. The number of benzene rings is 1. The average molecular weight is 424 g/mol. The van der Waals surface area contributed by atoms with Gasteiger partial charge in [-0.3, -0.25) is 4.79 Å². The maximum atomic E-state index is 13.3. The van der Waals surface area contributed by atoms with Crippen molar-refractivity contribution in [3.05, 3.63) is 70.5 Å². The van der Waals surface area contributed by atoms with E-state index in [2.05, 4.69) is 10.1 Å². The number of ether oxygens (including phenoxy) is 1. The van der Waals surface area contributed by atoms with E-state index < -0.39 is 5.60 Å². The Bertz CT molecular complexity index is 1090. The number of hydrogen-bond acceptors (Lipinski definition) is 5. The smallest absolute Gasteiger partial charge is 0.255 e. The summed E-state index contributed by atoms with van der Waals surface area (Å²) >= 11 is 6.38. The number of aryl methyl sites for hydroxylation is 1. The predicted molar refractivity (Wildman–Crippen MR) is 112 cm³/mol. The summed E-state index contributed by atoms with van der Waals surface area (Å²) in [6.45, 7) is 3.73. The van der Waals surface area contributed by atoms with Crippen LogP contribution in [0.1, 0.15) is 40.3 Å². The lowest BCUT2D eigenvalue weighted by atomic mass is 9.83. The zero-order chi connectivity index (χ0) is 20.7. The maximum Gasteiger partial charge on any atom is 0.255 e. The van der Waals surface area contributed by atoms with E-state index in [0.717, 1.165) is 29.2 Å². The molecule has 1 amide bonds. The van der Waals surface area contributed by atoms with Gasteiger partial charge >= 0.3 is 0 Å². The molecule has 0 saturated carbocycles. The highest BCUT2D eigenvalue weighted by Crippen LogP contribution is 2.40. The Balaban J connectivity index is 1.38. The molecule has 0 atom stereocenters. The second kappa shape index (κ2) is 7.49. The molecule has 1 aromatic carbocycles. The molecule has 0 N–H and O–H groups in total. The first-order valence-electron chi connectivity index (χ1n) is 10.1. The molecule has 8 heteroatoms. The van der Waals surface area contributed by atoms with Crippen LogP contribution < -0.4 is 0 Å². The monoisotopic (exact) mass is 423 g/mol. The Morgan fingerprint density at radius 1 is 1.27 bits per heavy atom. The van der Waals surface area contributed by atoms with Gasteiger partial charge in [0.2, 0.25) is 0 Å². The third-order valence-electron chi connectivity index (χ3n) is 5.97. The minimum absolute atomic E-state index is 0.0706. The first kappa shape index (κ1) is 19.2. The Morgan fingerprint density at radius 3 is 2.87 bits per heavy atom. The number of carbonyl (C=O) groups is 1. The van der Waals surface area contributed by atoms with Gasteiger partial charge in [-0.25, -0.2) is 14.6 Å². The molecule has 2 aliphatic heterocycles. The third kappa shape index (κ3) is 3.28. The van der Waals surface area contributed by atoms with Crippen LogP contribution in [0.4, 0.5) is 0 Å². The van der Waals surface area contributed by atoms with Crippen LogP contribution in [0.3, 0.4) is 0 Å². The topological polar surface area (TPSA) is 73.1 Å². The van der Waals surface area contributed by atoms with Crippen molar-refractivity contribution < 1.29 is 9.53 Å². The number of piperidine rings is 1. The molecule has 30 heavy (non-hydrogen) atoms. The zero-order valence-corrected chi connectivity index (χ0v) is 17.5. The van der Waals surface area contributed by atoms with E-state index in [0.29, 0.717) is 43.1 Å². The van der Waals surface area contributed by atoms with Gasteiger partial charge in [0.05, 0.1) is 28.6 Å². The lowest BCUT2D eigenvalue weighted by molar-refractivity contribution is -0.0968. The van der Waals surface area contributed by atoms with Gasteiger partial charge < -0.3 is 9.64 Å². The van der Waals surface area contributed by atoms with Crippen molar-refractivity contribution in [3.8, 4) is 5.69 Å². The summed E-state index contributed by atoms with van der Waals surface area (Å²) in [5.41, 5.74) is 3.01. The number of fused-ring (bicyclic) bond motifs is 2. The fourth-order valence-corrected chi connectivity index (χ4v) is 4.56. The largest absolute Gasteiger partial charge is 0.368 e. The van der Waals surface area contributed by atoms with Crippen molar-refractivity contribution in [1.82, 2.24) is 24.6 Å². The molecule has 2 aromatic heterocycles. The molecule has 1 spiro atoms. The van der Waals surface area contributed by atoms with Crippen molar-refractivity contribution in [2.24, 2.45) is 0 Å². The minimum atomic E-state index is -0.432. The Labute approximate surface area is 179 Å². The van der Waals surface area contributed by atoms with Crippen LogP contribution in [-0.2, 0) is 16.8 Å². The minimum Gasteiger partial charge on any atom is -0.368 e. The van der Waals surface area contributed by atoms with Crippen LogP contribution in [-0.4, -0.2) is 50.3 Å². The molecule has 0 bridgehead atoms. The van der Waals surface area contributed by atoms with Crippen LogP contribution in [0.2, 0.25) is 5.02 Å². The first-order valence-corrected chi connectivity index (χ1v) is 10.5. The molecule has 0 radical (unpaired) electrons. The van der Waals surface area contributed by atoms with Gasteiger partial charge in [-0.1, -0.05) is 11.6 Å². The summed E-state index contributed by atoms with van der Waals surface area (Å²) in [7, 11) is 0. The summed E-state index contributed by atoms with van der Waals surface area (Å²) in [6.07, 6.45) is 7.70. The number of likely N-dealkylation sites (tertiary alicyclic amines) is 1. The van der Waals surface area contributed by atoms with Gasteiger partial charge in [-0.2, -0.15) is 5.10 Å². The summed E-state index contributed by atoms with van der Waals surface area (Å²) in [4.78, 5) is 24.2. The number of rotatable bonds is 2. The van der Waals surface area contributed by atoms with E-state index in [4.69, 9.17) is 21.3 Å². The highest BCUT2D eigenvalue weighted by molar-refractivity contribution is 6.33. The lowest BCUT2D eigenvalue weighted by Gasteiger charge is -2.44. The van der Waals surface area contributed by atoms with E-state index in [1.165, 1.54) is 0 Å². The molecule has 0 unspecified atom stereocenters. The Hall–Kier alpha value is -2.77. The highest BCUT2D eigenvalue weighted by atomic mass is 35.5. The van der Waals surface area contributed by atoms with Crippen molar-refractivity contribution in [3.63, 3.8) is 0 Å². The van der Waals surface area contributed by atoms with E-state index in [1.807, 2.05) is 36.4 Å². The van der Waals surface area contributed by atoms with Gasteiger partial charge in [0.15, 0.2) is 0 Å². The van der Waals surface area contributed by atoms with Crippen molar-refractivity contribution in [2.45, 2.75) is 31.8 Å². The summed E-state index contributed by atoms with van der Waals surface area (Å²) in [5, 5.41) is 4.68. The molecule has 5 rings (SSSR count). The number of hydrogen-bond donors (Lipinski definition) is 0. The number of aromatic nitrogens is 4. The number of nitrogens with zero attached hydrogens (tertiary/aromatic N) is 5. The summed E-state index contributed by atoms with van der Waals surface area (Å²) < 4.78 is 7.96. The van der Waals surface area contributed by atoms with Crippen molar-refractivity contribution >= 4 is 17.5 Å². The Kier molecular flexibility index (Phi) is 4.79. The maximum absolute atomic E-state index is 13.3. The van der Waals surface area contributed by atoms with Crippen LogP contribution in [0.25, 0.3) is 5.69 Å². The van der Waals surface area contributed by atoms with Crippen LogP contribution in [0.5, 0.6) is 0 Å². The predicted octanol–water partition coefficient (Wildman–Crippen LogP) is 3.33. The van der Waals surface area contributed by atoms with E-state index in [-0.39, 0.29) is 5.91 Å². The van der Waals surface area contributed by atoms with Gasteiger partial charge in [-0.05, 0) is 56.0 Å². The highest BCUT2D eigenvalue weighted by Gasteiger charge is 2.43. The standard InChI is InChI=1S/C22H22ClN5O2/c1-15-24-14-16-5-12-30-22(20(16)26-15)6-10-27(11-7-22)21(29)18-13-17(3-4-19(18)23)28-9-2-8-25-28/h2-4,8-9,13-14H,5-7,10-12H2,1H3. The number of carbonyl (C=O) groups excluding carboxylic acids is 1. The first-order chi connectivity index (χ1) is 14.6. The molecule has 4 heterocycles. The fraction of sp³-hybridized carbons (Fsp3) is 0.364. The van der Waals surface area contributed by atoms with Crippen LogP contribution in [0.15, 0.2) is 42.9 Å². The molecule has 1 fully saturated rings. The second-order valence-corrected chi connectivity index (χ2v) is 8.20. The Morgan fingerprint density at radius 2 is 2.10 bits per heavy atom. The van der Waals surface area contributed by atoms with Gasteiger partial charge in [0.1, 0.15) is 11.4 Å². The van der Waals surface area contributed by atoms with Crippen molar-refractivity contribution in [2.75, 3.05) is 19.7 Å². The van der Waals surface area contributed by atoms with E-state index in [9.17, 15) is 4.79 Å². The summed E-state index contributed by atoms with van der Waals surface area (Å²) in [5.74, 6) is 0.679. The van der Waals surface area contributed by atoms with Gasteiger partial charge in [0, 0.05) is 31.7 Å². The van der Waals surface area contributed by atoms with E-state index >= 15 is 0 Å². The fourth-order valence-electron chi connectivity index (χ4n) is 4.36. The normalized spacial score (nSPS) is 17.7. The average Bonchev–Trinajstić information content (AvgIpc) is 3.30. The molecule has 2 aliphatic rings. The molecular formula is C22H22ClN5O2. The zero-order valence-electron chi connectivity index (χ0n) is 16.7. The van der Waals surface area contributed by atoms with E-state index in [1.54, 1.807) is 23.0 Å². The lowest BCUT2D eigenvalue weighted by Crippen LogP contribution is -2.49. The van der Waals surface area contributed by atoms with Crippen molar-refractivity contribution in [1.29, 1.82) is 0 Å². The molecule has 154 valence electrons. The quantitative estimate of drug-likeness (QED) is 0.632. The molecular weight excluding hydrogens is 402 g/mol. The second-order valence-electron chi connectivity index (χ2n) is 7.79. The SMILES string of the molecule is Cc1ncc2c(n1)C1(CCN(C(=O)c3cc(-n4cccn4)ccc3Cl)CC1)OCC2. The van der Waals surface area contributed by atoms with Crippen LogP contribution >= 0.6 is 11.6 Å². The molecule has 3 aromatic rings. The third-order valence-corrected chi connectivity index (χ3v) is 6.30. The molecule has 7 nitrogen and oxygen atoms in total. The number of halogens is 1. The number of amides is 1. The van der Waals surface area contributed by atoms with Crippen LogP contribution in [0, 0.1) is 6.92 Å². The molecule has 1 saturated heterocycles. The molecule has 0 aliphatic carbocycles. The van der Waals surface area contributed by atoms with Gasteiger partial charge in [0.25, 0.3) is 5.91 Å². The van der Waals surface area contributed by atoms with Gasteiger partial charge in [-0.15, -0.1) is 0 Å².